The van der Waals surface area contributed by atoms with Crippen LogP contribution in [0.5, 0.6) is 5.75 Å². The highest BCUT2D eigenvalue weighted by Crippen LogP contribution is 2.21. The van der Waals surface area contributed by atoms with Crippen molar-refractivity contribution >= 4 is 11.9 Å². The van der Waals surface area contributed by atoms with Crippen molar-refractivity contribution in [1.82, 2.24) is 9.80 Å². The number of benzene rings is 1. The van der Waals surface area contributed by atoms with Gasteiger partial charge in [0.1, 0.15) is 5.75 Å². The summed E-state index contributed by atoms with van der Waals surface area (Å²) in [5.74, 6) is -2.01. The maximum absolute atomic E-state index is 9.10. The molecule has 28 heavy (non-hydrogen) atoms. The molecule has 1 atom stereocenters. The van der Waals surface area contributed by atoms with Gasteiger partial charge in [-0.25, -0.2) is 9.59 Å². The molecule has 0 saturated carbocycles. The molecule has 1 heterocycles. The summed E-state index contributed by atoms with van der Waals surface area (Å²) in [6, 6.07) is 8.63. The van der Waals surface area contributed by atoms with Gasteiger partial charge >= 0.3 is 11.9 Å². The Morgan fingerprint density at radius 1 is 1.04 bits per heavy atom. The zero-order valence-corrected chi connectivity index (χ0v) is 17.3. The van der Waals surface area contributed by atoms with Gasteiger partial charge in [0.05, 0.1) is 6.61 Å². The van der Waals surface area contributed by atoms with Gasteiger partial charge in [-0.15, -0.1) is 0 Å². The number of unbranched alkanes of at least 4 members (excludes halogenated alkanes) is 1. The molecule has 0 spiro atoms. The molecule has 0 amide bonds. The largest absolute Gasteiger partial charge is 0.494 e. The predicted octanol–water partition coefficient (Wildman–Crippen LogP) is 2.76. The first-order chi connectivity index (χ1) is 13.3. The second-order valence-corrected chi connectivity index (χ2v) is 7.19. The highest BCUT2D eigenvalue weighted by Gasteiger charge is 2.12. The summed E-state index contributed by atoms with van der Waals surface area (Å²) in [5.41, 5.74) is 1.41. The summed E-state index contributed by atoms with van der Waals surface area (Å²) in [6.07, 6.45) is 3.56. The zero-order chi connectivity index (χ0) is 20.9. The first kappa shape index (κ1) is 23.9. The van der Waals surface area contributed by atoms with Gasteiger partial charge in [0, 0.05) is 26.2 Å². The van der Waals surface area contributed by atoms with Crippen LogP contribution in [0.2, 0.25) is 0 Å². The van der Waals surface area contributed by atoms with Crippen molar-refractivity contribution in [3.05, 3.63) is 29.8 Å². The summed E-state index contributed by atoms with van der Waals surface area (Å²) in [7, 11) is 2.21. The van der Waals surface area contributed by atoms with Crippen molar-refractivity contribution in [1.29, 1.82) is 0 Å². The van der Waals surface area contributed by atoms with Gasteiger partial charge in [0.2, 0.25) is 0 Å². The number of carbonyl (C=O) groups is 2. The van der Waals surface area contributed by atoms with Crippen molar-refractivity contribution < 1.29 is 24.5 Å². The minimum absolute atomic E-state index is 0.637. The topological polar surface area (TPSA) is 90.3 Å². The maximum atomic E-state index is 9.10. The van der Waals surface area contributed by atoms with Crippen LogP contribution in [-0.2, 0) is 9.59 Å². The normalized spacial score (nSPS) is 16.0. The first-order valence-electron chi connectivity index (χ1n) is 9.93. The third kappa shape index (κ3) is 9.71. The van der Waals surface area contributed by atoms with E-state index >= 15 is 0 Å². The van der Waals surface area contributed by atoms with Crippen LogP contribution in [-0.4, -0.2) is 78.3 Å². The zero-order valence-electron chi connectivity index (χ0n) is 17.3. The second kappa shape index (κ2) is 13.1. The van der Waals surface area contributed by atoms with Crippen LogP contribution >= 0.6 is 0 Å². The van der Waals surface area contributed by atoms with Gasteiger partial charge in [-0.2, -0.15) is 0 Å². The smallest absolute Gasteiger partial charge is 0.414 e. The molecule has 1 fully saturated rings. The van der Waals surface area contributed by atoms with E-state index in [0.29, 0.717) is 5.92 Å². The number of aliphatic carboxylic acids is 2. The summed E-state index contributed by atoms with van der Waals surface area (Å²) in [5, 5.41) is 14.8. The van der Waals surface area contributed by atoms with E-state index in [-0.39, 0.29) is 0 Å². The average Bonchev–Trinajstić information content (AvgIpc) is 2.69. The van der Waals surface area contributed by atoms with Crippen molar-refractivity contribution in [2.75, 3.05) is 46.4 Å². The lowest BCUT2D eigenvalue weighted by Crippen LogP contribution is -2.44. The lowest BCUT2D eigenvalue weighted by Gasteiger charge is -2.32. The van der Waals surface area contributed by atoms with Crippen LogP contribution in [0.15, 0.2) is 24.3 Å². The molecule has 0 radical (unpaired) electrons. The van der Waals surface area contributed by atoms with Crippen molar-refractivity contribution in [2.45, 2.75) is 39.0 Å². The SMILES string of the molecule is CCC(C)c1ccc(OCCCCN2CCN(C)CC2)cc1.O=C(O)C(=O)O. The highest BCUT2D eigenvalue weighted by atomic mass is 16.5. The minimum Gasteiger partial charge on any atom is -0.494 e. The van der Waals surface area contributed by atoms with Crippen LogP contribution in [0.25, 0.3) is 0 Å². The molecule has 1 unspecified atom stereocenters. The third-order valence-electron chi connectivity index (χ3n) is 4.98. The summed E-state index contributed by atoms with van der Waals surface area (Å²) in [4.78, 5) is 23.2. The Hall–Kier alpha value is -2.12. The number of hydrogen-bond acceptors (Lipinski definition) is 5. The molecule has 1 aromatic rings. The number of likely N-dealkylation sites (N-methyl/N-ethyl adjacent to an activating group) is 1. The van der Waals surface area contributed by atoms with E-state index in [2.05, 4.69) is 55.0 Å². The van der Waals surface area contributed by atoms with Crippen molar-refractivity contribution in [3.8, 4) is 5.75 Å². The number of nitrogens with zero attached hydrogens (tertiary/aromatic N) is 2. The molecule has 1 aliphatic rings. The minimum atomic E-state index is -1.82. The van der Waals surface area contributed by atoms with Gasteiger partial charge in [-0.3, -0.25) is 0 Å². The Labute approximate surface area is 167 Å². The number of carboxylic acids is 2. The average molecular weight is 395 g/mol. The first-order valence-corrected chi connectivity index (χ1v) is 9.93. The molecular weight excluding hydrogens is 360 g/mol. The monoisotopic (exact) mass is 394 g/mol. The van der Waals surface area contributed by atoms with Crippen LogP contribution in [0.4, 0.5) is 0 Å². The molecule has 2 N–H and O–H groups in total. The molecular formula is C21H34N2O5. The Morgan fingerprint density at radius 2 is 1.61 bits per heavy atom. The Kier molecular flexibility index (Phi) is 11.2. The molecule has 158 valence electrons. The molecule has 1 saturated heterocycles. The summed E-state index contributed by atoms with van der Waals surface area (Å²) in [6.45, 7) is 11.4. The van der Waals surface area contributed by atoms with Gasteiger partial charge in [-0.1, -0.05) is 26.0 Å². The highest BCUT2D eigenvalue weighted by molar-refractivity contribution is 6.27. The predicted molar refractivity (Wildman–Crippen MR) is 109 cm³/mol. The Balaban J connectivity index is 0.000000568. The van der Waals surface area contributed by atoms with E-state index in [1.165, 1.54) is 51.1 Å². The Bertz CT molecular complexity index is 571. The fourth-order valence-electron chi connectivity index (χ4n) is 2.83. The van der Waals surface area contributed by atoms with E-state index in [1.54, 1.807) is 0 Å². The van der Waals surface area contributed by atoms with Gasteiger partial charge in [0.15, 0.2) is 0 Å². The van der Waals surface area contributed by atoms with E-state index < -0.39 is 11.9 Å². The lowest BCUT2D eigenvalue weighted by molar-refractivity contribution is -0.159. The molecule has 0 aromatic heterocycles. The fourth-order valence-corrected chi connectivity index (χ4v) is 2.83. The molecule has 1 aromatic carbocycles. The summed E-state index contributed by atoms with van der Waals surface area (Å²) >= 11 is 0. The van der Waals surface area contributed by atoms with Crippen molar-refractivity contribution in [2.24, 2.45) is 0 Å². The molecule has 1 aliphatic heterocycles. The number of carboxylic acid groups (broad SMARTS) is 2. The standard InChI is InChI=1S/C19H32N2O.C2H2O4/c1-4-17(2)18-7-9-19(10-8-18)22-16-6-5-11-21-14-12-20(3)13-15-21;3-1(4)2(5)6/h7-10,17H,4-6,11-16H2,1-3H3;(H,3,4)(H,5,6). The van der Waals surface area contributed by atoms with Gasteiger partial charge in [0.25, 0.3) is 0 Å². The molecule has 2 rings (SSSR count). The number of hydrogen-bond donors (Lipinski definition) is 2. The van der Waals surface area contributed by atoms with E-state index in [1.807, 2.05) is 0 Å². The summed E-state index contributed by atoms with van der Waals surface area (Å²) < 4.78 is 5.85. The maximum Gasteiger partial charge on any atom is 0.414 e. The van der Waals surface area contributed by atoms with Crippen LogP contribution in [0.1, 0.15) is 44.6 Å². The van der Waals surface area contributed by atoms with E-state index in [9.17, 15) is 0 Å². The van der Waals surface area contributed by atoms with Crippen LogP contribution < -0.4 is 4.74 Å². The molecule has 7 nitrogen and oxygen atoms in total. The second-order valence-electron chi connectivity index (χ2n) is 7.19. The molecule has 0 bridgehead atoms. The van der Waals surface area contributed by atoms with Crippen molar-refractivity contribution in [3.63, 3.8) is 0 Å². The molecule has 0 aliphatic carbocycles. The van der Waals surface area contributed by atoms with E-state index in [0.717, 1.165) is 18.8 Å². The third-order valence-corrected chi connectivity index (χ3v) is 4.98. The van der Waals surface area contributed by atoms with E-state index in [4.69, 9.17) is 24.5 Å². The van der Waals surface area contributed by atoms with Gasteiger partial charge < -0.3 is 24.7 Å². The number of piperazine rings is 1. The van der Waals surface area contributed by atoms with Crippen LogP contribution in [0.3, 0.4) is 0 Å². The molecule has 7 heteroatoms. The van der Waals surface area contributed by atoms with Gasteiger partial charge in [-0.05, 0) is 56.5 Å². The lowest BCUT2D eigenvalue weighted by atomic mass is 9.99. The quantitative estimate of drug-likeness (QED) is 0.517. The van der Waals surface area contributed by atoms with Crippen LogP contribution in [0, 0.1) is 0 Å². The number of rotatable bonds is 8. The fraction of sp³-hybridized carbons (Fsp3) is 0.619. The Morgan fingerprint density at radius 3 is 2.11 bits per heavy atom. The number of ether oxygens (including phenoxy) is 1.